The van der Waals surface area contributed by atoms with Crippen LogP contribution in [0.1, 0.15) is 27.7 Å². The highest BCUT2D eigenvalue weighted by atomic mass is 16.3. The van der Waals surface area contributed by atoms with Crippen LogP contribution in [0.2, 0.25) is 0 Å². The van der Waals surface area contributed by atoms with Gasteiger partial charge in [-0.25, -0.2) is 0 Å². The van der Waals surface area contributed by atoms with Crippen molar-refractivity contribution >= 4 is 5.91 Å². The molecule has 1 unspecified atom stereocenters. The Morgan fingerprint density at radius 2 is 1.67 bits per heavy atom. The number of hydrogen-bond donors (Lipinski definition) is 2. The first-order valence-electron chi connectivity index (χ1n) is 5.77. The lowest BCUT2D eigenvalue weighted by atomic mass is 10.1. The highest BCUT2D eigenvalue weighted by molar-refractivity contribution is 5.94. The largest absolute Gasteiger partial charge is 0.369 e. The molecule has 0 aliphatic rings. The van der Waals surface area contributed by atoms with E-state index in [-0.39, 0.29) is 5.91 Å². The van der Waals surface area contributed by atoms with E-state index in [2.05, 4.69) is 5.32 Å². The van der Waals surface area contributed by atoms with E-state index in [1.807, 2.05) is 25.1 Å². The lowest BCUT2D eigenvalue weighted by molar-refractivity contribution is 0.0783. The Labute approximate surface area is 106 Å². The zero-order chi connectivity index (χ0) is 13.0. The monoisotopic (exact) mass is 241 g/mol. The maximum Gasteiger partial charge on any atom is 0.253 e. The van der Waals surface area contributed by atoms with Gasteiger partial charge >= 0.3 is 0 Å². The second-order valence-electron chi connectivity index (χ2n) is 4.15. The summed E-state index contributed by atoms with van der Waals surface area (Å²) in [6, 6.07) is 16.2. The molecule has 2 rings (SSSR count). The minimum atomic E-state index is -0.988. The number of carbonyl (C=O) groups is 1. The zero-order valence-electron chi connectivity index (χ0n) is 10.1. The summed E-state index contributed by atoms with van der Waals surface area (Å²) in [5.41, 5.74) is 2.31. The number of nitrogens with one attached hydrogen (secondary N) is 1. The maximum atomic E-state index is 11.8. The Balaban J connectivity index is 2.06. The minimum absolute atomic E-state index is 0.288. The molecule has 3 nitrogen and oxygen atoms in total. The van der Waals surface area contributed by atoms with Crippen molar-refractivity contribution < 1.29 is 9.90 Å². The summed E-state index contributed by atoms with van der Waals surface area (Å²) in [5.74, 6) is -0.288. The van der Waals surface area contributed by atoms with Crippen LogP contribution in [0.5, 0.6) is 0 Å². The molecule has 3 heteroatoms. The topological polar surface area (TPSA) is 49.3 Å². The van der Waals surface area contributed by atoms with Crippen LogP contribution in [-0.2, 0) is 0 Å². The van der Waals surface area contributed by atoms with Crippen molar-refractivity contribution in [3.8, 4) is 0 Å². The molecule has 0 saturated heterocycles. The number of benzene rings is 2. The van der Waals surface area contributed by atoms with Crippen LogP contribution in [0.15, 0.2) is 54.6 Å². The molecule has 1 atom stereocenters. The van der Waals surface area contributed by atoms with Crippen LogP contribution in [0.25, 0.3) is 0 Å². The van der Waals surface area contributed by atoms with E-state index in [1.54, 1.807) is 36.4 Å². The molecule has 0 spiro atoms. The SMILES string of the molecule is Cc1ccc(C(O)NC(=O)c2ccccc2)cc1. The number of hydrogen-bond acceptors (Lipinski definition) is 2. The normalized spacial score (nSPS) is 11.9. The Morgan fingerprint density at radius 3 is 2.28 bits per heavy atom. The van der Waals surface area contributed by atoms with Gasteiger partial charge in [-0.05, 0) is 19.1 Å². The molecular weight excluding hydrogens is 226 g/mol. The molecule has 0 aliphatic carbocycles. The first-order valence-corrected chi connectivity index (χ1v) is 5.77. The average molecular weight is 241 g/mol. The van der Waals surface area contributed by atoms with Crippen molar-refractivity contribution in [2.24, 2.45) is 0 Å². The molecule has 2 aromatic carbocycles. The molecule has 2 N–H and O–H groups in total. The Bertz CT molecular complexity index is 520. The molecule has 0 heterocycles. The van der Waals surface area contributed by atoms with E-state index in [4.69, 9.17) is 0 Å². The number of amides is 1. The second-order valence-corrected chi connectivity index (χ2v) is 4.15. The van der Waals surface area contributed by atoms with E-state index >= 15 is 0 Å². The quantitative estimate of drug-likeness (QED) is 0.811. The van der Waals surface area contributed by atoms with Gasteiger partial charge in [-0.3, -0.25) is 4.79 Å². The zero-order valence-corrected chi connectivity index (χ0v) is 10.1. The molecule has 0 saturated carbocycles. The molecule has 0 aliphatic heterocycles. The van der Waals surface area contributed by atoms with Crippen LogP contribution in [-0.4, -0.2) is 11.0 Å². The fourth-order valence-corrected chi connectivity index (χ4v) is 1.63. The predicted molar refractivity (Wildman–Crippen MR) is 70.0 cm³/mol. The van der Waals surface area contributed by atoms with Crippen LogP contribution in [0.3, 0.4) is 0 Å². The standard InChI is InChI=1S/C15H15NO2/c1-11-7-9-13(10-8-11)15(18)16-14(17)12-5-3-2-4-6-12/h2-10,15,18H,1H3,(H,16,17). The van der Waals surface area contributed by atoms with Gasteiger partial charge in [-0.2, -0.15) is 0 Å². The summed E-state index contributed by atoms with van der Waals surface area (Å²) in [6.07, 6.45) is -0.988. The van der Waals surface area contributed by atoms with E-state index in [0.717, 1.165) is 5.56 Å². The summed E-state index contributed by atoms with van der Waals surface area (Å²) in [4.78, 5) is 11.8. The lowest BCUT2D eigenvalue weighted by Gasteiger charge is -2.13. The number of aliphatic hydroxyl groups is 1. The molecule has 0 fully saturated rings. The van der Waals surface area contributed by atoms with Gasteiger partial charge in [0, 0.05) is 11.1 Å². The first-order chi connectivity index (χ1) is 8.66. The maximum absolute atomic E-state index is 11.8. The van der Waals surface area contributed by atoms with Crippen LogP contribution < -0.4 is 5.32 Å². The van der Waals surface area contributed by atoms with Crippen LogP contribution >= 0.6 is 0 Å². The summed E-state index contributed by atoms with van der Waals surface area (Å²) in [6.45, 7) is 1.97. The molecule has 2 aromatic rings. The molecular formula is C15H15NO2. The molecule has 18 heavy (non-hydrogen) atoms. The van der Waals surface area contributed by atoms with E-state index in [9.17, 15) is 9.90 Å². The first kappa shape index (κ1) is 12.3. The third-order valence-electron chi connectivity index (χ3n) is 2.70. The fraction of sp³-hybridized carbons (Fsp3) is 0.133. The van der Waals surface area contributed by atoms with Gasteiger partial charge in [-0.15, -0.1) is 0 Å². The highest BCUT2D eigenvalue weighted by Gasteiger charge is 2.11. The van der Waals surface area contributed by atoms with Crippen LogP contribution in [0, 0.1) is 6.92 Å². The summed E-state index contributed by atoms with van der Waals surface area (Å²) in [5, 5.41) is 12.5. The predicted octanol–water partition coefficient (Wildman–Crippen LogP) is 2.42. The van der Waals surface area contributed by atoms with Crippen molar-refractivity contribution in [3.05, 3.63) is 71.3 Å². The van der Waals surface area contributed by atoms with Crippen molar-refractivity contribution in [2.75, 3.05) is 0 Å². The van der Waals surface area contributed by atoms with Gasteiger partial charge in [0.1, 0.15) is 0 Å². The smallest absolute Gasteiger partial charge is 0.253 e. The van der Waals surface area contributed by atoms with Gasteiger partial charge in [0.05, 0.1) is 0 Å². The molecule has 0 aromatic heterocycles. The van der Waals surface area contributed by atoms with Gasteiger partial charge in [0.25, 0.3) is 5.91 Å². The van der Waals surface area contributed by atoms with Gasteiger partial charge in [0.15, 0.2) is 6.23 Å². The van der Waals surface area contributed by atoms with Crippen molar-refractivity contribution in [1.29, 1.82) is 0 Å². The number of rotatable bonds is 3. The summed E-state index contributed by atoms with van der Waals surface area (Å²) >= 11 is 0. The van der Waals surface area contributed by atoms with E-state index in [0.29, 0.717) is 11.1 Å². The van der Waals surface area contributed by atoms with Gasteiger partial charge in [0.2, 0.25) is 0 Å². The van der Waals surface area contributed by atoms with E-state index < -0.39 is 6.23 Å². The van der Waals surface area contributed by atoms with Crippen LogP contribution in [0.4, 0.5) is 0 Å². The Hall–Kier alpha value is -2.13. The molecule has 0 bridgehead atoms. The lowest BCUT2D eigenvalue weighted by Crippen LogP contribution is -2.28. The number of carbonyl (C=O) groups excluding carboxylic acids is 1. The van der Waals surface area contributed by atoms with E-state index in [1.165, 1.54) is 0 Å². The third-order valence-corrected chi connectivity index (χ3v) is 2.70. The molecule has 92 valence electrons. The van der Waals surface area contributed by atoms with Crippen molar-refractivity contribution in [3.63, 3.8) is 0 Å². The minimum Gasteiger partial charge on any atom is -0.369 e. The molecule has 1 amide bonds. The molecule has 0 radical (unpaired) electrons. The average Bonchev–Trinajstić information content (AvgIpc) is 2.40. The highest BCUT2D eigenvalue weighted by Crippen LogP contribution is 2.11. The number of aryl methyl sites for hydroxylation is 1. The summed E-state index contributed by atoms with van der Waals surface area (Å²) < 4.78 is 0. The fourth-order valence-electron chi connectivity index (χ4n) is 1.63. The Morgan fingerprint density at radius 1 is 1.06 bits per heavy atom. The third kappa shape index (κ3) is 2.96. The van der Waals surface area contributed by atoms with Crippen molar-refractivity contribution in [2.45, 2.75) is 13.2 Å². The number of aliphatic hydroxyl groups excluding tert-OH is 1. The Kier molecular flexibility index (Phi) is 3.75. The summed E-state index contributed by atoms with van der Waals surface area (Å²) in [7, 11) is 0. The van der Waals surface area contributed by atoms with Crippen molar-refractivity contribution in [1.82, 2.24) is 5.32 Å². The van der Waals surface area contributed by atoms with Gasteiger partial charge < -0.3 is 10.4 Å². The second kappa shape index (κ2) is 5.47. The van der Waals surface area contributed by atoms with Gasteiger partial charge in [-0.1, -0.05) is 48.0 Å².